The van der Waals surface area contributed by atoms with E-state index in [0.29, 0.717) is 23.3 Å². The maximum absolute atomic E-state index is 12.7. The minimum Gasteiger partial charge on any atom is -0.497 e. The molecule has 0 aliphatic rings. The van der Waals surface area contributed by atoms with Crippen molar-refractivity contribution in [2.24, 2.45) is 0 Å². The molecule has 0 aliphatic heterocycles. The summed E-state index contributed by atoms with van der Waals surface area (Å²) in [4.78, 5) is 12.7. The summed E-state index contributed by atoms with van der Waals surface area (Å²) in [6, 6.07) is 13.5. The second-order valence-electron chi connectivity index (χ2n) is 7.26. The van der Waals surface area contributed by atoms with Crippen LogP contribution in [0.5, 0.6) is 11.5 Å². The third-order valence-corrected chi connectivity index (χ3v) is 6.09. The van der Waals surface area contributed by atoms with E-state index in [1.54, 1.807) is 13.2 Å². The van der Waals surface area contributed by atoms with Crippen LogP contribution in [0, 0.1) is 0 Å². The average Bonchev–Trinajstić information content (AvgIpc) is 3.23. The number of aryl methyl sites for hydroxylation is 2. The number of nitrogens with one attached hydrogen (secondary N) is 1. The van der Waals surface area contributed by atoms with Gasteiger partial charge in [0, 0.05) is 12.2 Å². The lowest BCUT2D eigenvalue weighted by Crippen LogP contribution is -2.17. The molecule has 1 aromatic heterocycles. The fraction of sp³-hybridized carbons (Fsp3) is 0.320. The Labute approximate surface area is 199 Å². The molecule has 0 aliphatic carbocycles. The van der Waals surface area contributed by atoms with Gasteiger partial charge in [0.15, 0.2) is 11.0 Å². The molecular weight excluding hydrogens is 436 g/mol. The van der Waals surface area contributed by atoms with Crippen LogP contribution in [0.4, 0.5) is 5.69 Å². The molecule has 0 bridgehead atoms. The van der Waals surface area contributed by atoms with Gasteiger partial charge >= 0.3 is 0 Å². The summed E-state index contributed by atoms with van der Waals surface area (Å²) in [6.45, 7) is 8.78. The number of amides is 1. The lowest BCUT2D eigenvalue weighted by atomic mass is 10.0. The van der Waals surface area contributed by atoms with E-state index >= 15 is 0 Å². The number of carbonyl (C=O) groups excluding carboxylic acids is 1. The lowest BCUT2D eigenvalue weighted by molar-refractivity contribution is -0.113. The van der Waals surface area contributed by atoms with Crippen LogP contribution in [-0.2, 0) is 30.8 Å². The number of thioether (sulfide) groups is 1. The fourth-order valence-electron chi connectivity index (χ4n) is 3.37. The summed E-state index contributed by atoms with van der Waals surface area (Å²) < 4.78 is 12.9. The van der Waals surface area contributed by atoms with Crippen molar-refractivity contribution in [3.8, 4) is 11.5 Å². The number of hydrogen-bond acceptors (Lipinski definition) is 6. The molecule has 3 rings (SSSR count). The van der Waals surface area contributed by atoms with Crippen LogP contribution in [-0.4, -0.2) is 33.5 Å². The Morgan fingerprint density at radius 2 is 1.76 bits per heavy atom. The molecule has 2 aromatic carbocycles. The summed E-state index contributed by atoms with van der Waals surface area (Å²) in [7, 11) is 1.62. The molecule has 0 fully saturated rings. The van der Waals surface area contributed by atoms with Crippen molar-refractivity contribution in [2.75, 3.05) is 18.2 Å². The topological polar surface area (TPSA) is 78.3 Å². The van der Waals surface area contributed by atoms with E-state index in [4.69, 9.17) is 9.47 Å². The number of nitrogens with zero attached hydrogens (tertiary/aromatic N) is 3. The van der Waals surface area contributed by atoms with Crippen molar-refractivity contribution < 1.29 is 14.3 Å². The van der Waals surface area contributed by atoms with E-state index in [2.05, 4.69) is 48.1 Å². The highest BCUT2D eigenvalue weighted by atomic mass is 32.2. The molecule has 1 heterocycles. The molecule has 0 saturated carbocycles. The Morgan fingerprint density at radius 3 is 2.36 bits per heavy atom. The zero-order valence-corrected chi connectivity index (χ0v) is 20.2. The number of anilines is 1. The molecule has 0 atom stereocenters. The minimum absolute atomic E-state index is 0.0696. The molecule has 7 nitrogen and oxygen atoms in total. The van der Waals surface area contributed by atoms with E-state index in [1.165, 1.54) is 11.8 Å². The van der Waals surface area contributed by atoms with Crippen molar-refractivity contribution in [3.05, 3.63) is 72.1 Å². The third-order valence-electron chi connectivity index (χ3n) is 5.13. The summed E-state index contributed by atoms with van der Waals surface area (Å²) in [5, 5.41) is 12.3. The number of carbonyl (C=O) groups is 1. The Morgan fingerprint density at radius 1 is 1.09 bits per heavy atom. The zero-order valence-electron chi connectivity index (χ0n) is 19.3. The standard InChI is InChI=1S/C25H30N4O3S/c1-5-15-29-22(16-32-21-13-11-20(31-4)12-14-21)27-28-25(29)33-17-23(30)26-24-18(6-2)9-8-10-19(24)7-3/h5,8-14H,1,6-7,15-17H2,2-4H3,(H,26,30). The Hall–Kier alpha value is -3.26. The maximum atomic E-state index is 12.7. The summed E-state index contributed by atoms with van der Waals surface area (Å²) in [5.74, 6) is 2.30. The molecular formula is C25H30N4O3S. The van der Waals surface area contributed by atoms with Gasteiger partial charge in [-0.1, -0.05) is 49.9 Å². The van der Waals surface area contributed by atoms with Gasteiger partial charge in [-0.2, -0.15) is 0 Å². The van der Waals surface area contributed by atoms with Crippen molar-refractivity contribution in [1.82, 2.24) is 14.8 Å². The summed E-state index contributed by atoms with van der Waals surface area (Å²) in [5.41, 5.74) is 3.20. The number of para-hydroxylation sites is 1. The molecule has 33 heavy (non-hydrogen) atoms. The van der Waals surface area contributed by atoms with Crippen LogP contribution in [0.25, 0.3) is 0 Å². The minimum atomic E-state index is -0.0696. The van der Waals surface area contributed by atoms with Crippen LogP contribution in [0.15, 0.2) is 60.3 Å². The molecule has 3 aromatic rings. The first-order valence-corrected chi connectivity index (χ1v) is 11.9. The van der Waals surface area contributed by atoms with Gasteiger partial charge in [-0.25, -0.2) is 0 Å². The quantitative estimate of drug-likeness (QED) is 0.302. The molecule has 0 spiro atoms. The molecule has 8 heteroatoms. The van der Waals surface area contributed by atoms with Gasteiger partial charge in [0.25, 0.3) is 0 Å². The van der Waals surface area contributed by atoms with E-state index < -0.39 is 0 Å². The van der Waals surface area contributed by atoms with Crippen LogP contribution in [0.3, 0.4) is 0 Å². The predicted molar refractivity (Wildman–Crippen MR) is 132 cm³/mol. The van der Waals surface area contributed by atoms with E-state index in [0.717, 1.165) is 35.4 Å². The number of rotatable bonds is 12. The second kappa shape index (κ2) is 12.1. The van der Waals surface area contributed by atoms with E-state index in [9.17, 15) is 4.79 Å². The zero-order chi connectivity index (χ0) is 23.6. The number of hydrogen-bond donors (Lipinski definition) is 1. The summed E-state index contributed by atoms with van der Waals surface area (Å²) >= 11 is 1.35. The third kappa shape index (κ3) is 6.38. The predicted octanol–water partition coefficient (Wildman–Crippen LogP) is 4.91. The molecule has 1 amide bonds. The fourth-order valence-corrected chi connectivity index (χ4v) is 4.14. The average molecular weight is 467 g/mol. The molecule has 0 saturated heterocycles. The lowest BCUT2D eigenvalue weighted by Gasteiger charge is -2.14. The Kier molecular flexibility index (Phi) is 8.95. The largest absolute Gasteiger partial charge is 0.497 e. The smallest absolute Gasteiger partial charge is 0.234 e. The van der Waals surface area contributed by atoms with Crippen LogP contribution >= 0.6 is 11.8 Å². The highest BCUT2D eigenvalue weighted by Crippen LogP contribution is 2.24. The first-order chi connectivity index (χ1) is 16.1. The van der Waals surface area contributed by atoms with Gasteiger partial charge in [-0.3, -0.25) is 9.36 Å². The SMILES string of the molecule is C=CCn1c(COc2ccc(OC)cc2)nnc1SCC(=O)Nc1c(CC)cccc1CC. The van der Waals surface area contributed by atoms with Crippen LogP contribution < -0.4 is 14.8 Å². The van der Waals surface area contributed by atoms with Gasteiger partial charge in [0.05, 0.1) is 12.9 Å². The first kappa shape index (κ1) is 24.4. The monoisotopic (exact) mass is 466 g/mol. The van der Waals surface area contributed by atoms with Crippen molar-refractivity contribution >= 4 is 23.4 Å². The molecule has 0 radical (unpaired) electrons. The maximum Gasteiger partial charge on any atom is 0.234 e. The number of methoxy groups -OCH3 is 1. The second-order valence-corrected chi connectivity index (χ2v) is 8.20. The number of aromatic nitrogens is 3. The number of benzene rings is 2. The number of ether oxygens (including phenoxy) is 2. The van der Waals surface area contributed by atoms with Crippen LogP contribution in [0.1, 0.15) is 30.8 Å². The van der Waals surface area contributed by atoms with Crippen molar-refractivity contribution in [3.63, 3.8) is 0 Å². The first-order valence-electron chi connectivity index (χ1n) is 10.9. The molecule has 1 N–H and O–H groups in total. The van der Waals surface area contributed by atoms with Gasteiger partial charge in [0.1, 0.15) is 18.1 Å². The summed E-state index contributed by atoms with van der Waals surface area (Å²) in [6.07, 6.45) is 3.50. The van der Waals surface area contributed by atoms with E-state index in [-0.39, 0.29) is 18.3 Å². The highest BCUT2D eigenvalue weighted by molar-refractivity contribution is 7.99. The van der Waals surface area contributed by atoms with Gasteiger partial charge < -0.3 is 14.8 Å². The highest BCUT2D eigenvalue weighted by Gasteiger charge is 2.16. The normalized spacial score (nSPS) is 10.6. The molecule has 0 unspecified atom stereocenters. The van der Waals surface area contributed by atoms with Gasteiger partial charge in [-0.15, -0.1) is 16.8 Å². The molecule has 174 valence electrons. The van der Waals surface area contributed by atoms with Gasteiger partial charge in [0.2, 0.25) is 5.91 Å². The van der Waals surface area contributed by atoms with Crippen LogP contribution in [0.2, 0.25) is 0 Å². The Bertz CT molecular complexity index is 1060. The van der Waals surface area contributed by atoms with Gasteiger partial charge in [-0.05, 0) is 48.2 Å². The Balaban J connectivity index is 1.64. The van der Waals surface area contributed by atoms with E-state index in [1.807, 2.05) is 34.9 Å². The van der Waals surface area contributed by atoms with Crippen molar-refractivity contribution in [1.29, 1.82) is 0 Å². The van der Waals surface area contributed by atoms with Crippen molar-refractivity contribution in [2.45, 2.75) is 45.0 Å². The number of allylic oxidation sites excluding steroid dienone is 1.